The van der Waals surface area contributed by atoms with Gasteiger partial charge in [0.05, 0.1) is 33.3 Å². The Balaban J connectivity index is 1.54. The molecule has 4 atom stereocenters. The summed E-state index contributed by atoms with van der Waals surface area (Å²) in [6.07, 6.45) is 0. The predicted molar refractivity (Wildman–Crippen MR) is 188 cm³/mol. The second-order valence-corrected chi connectivity index (χ2v) is 13.4. The number of Topliss-reactive ketones (excluding diaryl/α,β-unsaturated/α-hetero) is 1. The van der Waals surface area contributed by atoms with Crippen LogP contribution in [0.15, 0.2) is 127 Å². The number of carbonyl (C=O) groups excluding carboxylic acids is 3. The minimum absolute atomic E-state index is 0.158. The molecule has 3 aliphatic rings. The average molecular weight is 645 g/mol. The van der Waals surface area contributed by atoms with Crippen molar-refractivity contribution in [1.29, 1.82) is 0 Å². The van der Waals surface area contributed by atoms with Gasteiger partial charge in [0.15, 0.2) is 5.78 Å². The first kappa shape index (κ1) is 30.4. The number of aryl methyl sites for hydroxylation is 3. The summed E-state index contributed by atoms with van der Waals surface area (Å²) in [5.74, 6) is -3.52. The molecule has 0 unspecified atom stereocenters. The van der Waals surface area contributed by atoms with Gasteiger partial charge in [0, 0.05) is 12.1 Å². The van der Waals surface area contributed by atoms with E-state index < -0.39 is 39.4 Å². The fourth-order valence-corrected chi connectivity index (χ4v) is 8.75. The highest BCUT2D eigenvalue weighted by atomic mass is 16.6. The number of carbonyl (C=O) groups is 3. The molecular weight excluding hydrogens is 612 g/mol. The molecule has 2 amide bonds. The zero-order valence-corrected chi connectivity index (χ0v) is 27.2. The highest BCUT2D eigenvalue weighted by Gasteiger charge is 2.82. The number of imide groups is 1. The number of benzene rings is 5. The molecule has 0 spiro atoms. The molecule has 5 aromatic rings. The molecule has 1 saturated heterocycles. The highest BCUT2D eigenvalue weighted by Crippen LogP contribution is 2.74. The van der Waals surface area contributed by atoms with Crippen LogP contribution >= 0.6 is 0 Å². The molecule has 2 aliphatic carbocycles. The van der Waals surface area contributed by atoms with E-state index in [1.165, 1.54) is 12.1 Å². The maximum Gasteiger partial charge on any atom is 0.271 e. The summed E-state index contributed by atoms with van der Waals surface area (Å²) < 4.78 is 0. The smallest absolute Gasteiger partial charge is 0.271 e. The number of ketones is 1. The van der Waals surface area contributed by atoms with Crippen LogP contribution in [0.3, 0.4) is 0 Å². The van der Waals surface area contributed by atoms with Crippen LogP contribution in [0.5, 0.6) is 0 Å². The van der Waals surface area contributed by atoms with Crippen molar-refractivity contribution in [1.82, 2.24) is 0 Å². The van der Waals surface area contributed by atoms with Gasteiger partial charge < -0.3 is 0 Å². The maximum atomic E-state index is 16.0. The third-order valence-corrected chi connectivity index (χ3v) is 10.8. The normalized spacial score (nSPS) is 24.1. The Morgan fingerprint density at radius 3 is 1.43 bits per heavy atom. The Hall–Kier alpha value is -5.95. The van der Waals surface area contributed by atoms with Crippen molar-refractivity contribution in [2.45, 2.75) is 31.6 Å². The third-order valence-electron chi connectivity index (χ3n) is 10.8. The van der Waals surface area contributed by atoms with E-state index in [-0.39, 0.29) is 17.2 Å². The van der Waals surface area contributed by atoms with Gasteiger partial charge in [-0.3, -0.25) is 24.5 Å². The van der Waals surface area contributed by atoms with Crippen molar-refractivity contribution >= 4 is 40.1 Å². The van der Waals surface area contributed by atoms with Gasteiger partial charge in [-0.15, -0.1) is 0 Å². The first-order valence-corrected chi connectivity index (χ1v) is 16.3. The van der Waals surface area contributed by atoms with Crippen LogP contribution in [-0.4, -0.2) is 22.5 Å². The Bertz CT molecular complexity index is 2120. The fourth-order valence-electron chi connectivity index (χ4n) is 8.75. The summed E-state index contributed by atoms with van der Waals surface area (Å²) in [5.41, 5.74) is 3.71. The van der Waals surface area contributed by atoms with Gasteiger partial charge in [0.25, 0.3) is 5.69 Å². The van der Waals surface area contributed by atoms with E-state index in [0.717, 1.165) is 27.2 Å². The molecule has 0 N–H and O–H groups in total. The Morgan fingerprint density at radius 2 is 1.02 bits per heavy atom. The van der Waals surface area contributed by atoms with E-state index in [9.17, 15) is 10.1 Å². The maximum absolute atomic E-state index is 16.0. The number of fused-ring (bicyclic) bond motifs is 5. The molecule has 1 aliphatic heterocycles. The van der Waals surface area contributed by atoms with Gasteiger partial charge in [0.2, 0.25) is 11.8 Å². The monoisotopic (exact) mass is 644 g/mol. The lowest BCUT2D eigenvalue weighted by molar-refractivity contribution is -0.384. The van der Waals surface area contributed by atoms with Gasteiger partial charge in [0.1, 0.15) is 0 Å². The van der Waals surface area contributed by atoms with Gasteiger partial charge in [-0.25, -0.2) is 4.90 Å². The second kappa shape index (κ2) is 10.8. The third kappa shape index (κ3) is 3.93. The van der Waals surface area contributed by atoms with Crippen molar-refractivity contribution in [2.24, 2.45) is 11.8 Å². The number of allylic oxidation sites excluding steroid dienone is 2. The van der Waals surface area contributed by atoms with E-state index in [1.807, 2.05) is 123 Å². The van der Waals surface area contributed by atoms with Gasteiger partial charge in [-0.1, -0.05) is 126 Å². The minimum atomic E-state index is -1.55. The second-order valence-electron chi connectivity index (χ2n) is 13.4. The summed E-state index contributed by atoms with van der Waals surface area (Å²) in [5, 5.41) is 11.9. The zero-order valence-electron chi connectivity index (χ0n) is 27.2. The molecule has 7 nitrogen and oxygen atoms in total. The quantitative estimate of drug-likeness (QED) is 0.107. The summed E-state index contributed by atoms with van der Waals surface area (Å²) in [6, 6.07) is 38.8. The van der Waals surface area contributed by atoms with Crippen molar-refractivity contribution in [3.8, 4) is 0 Å². The molecule has 0 radical (unpaired) electrons. The van der Waals surface area contributed by atoms with Crippen molar-refractivity contribution < 1.29 is 19.3 Å². The van der Waals surface area contributed by atoms with Crippen molar-refractivity contribution in [3.05, 3.63) is 176 Å². The van der Waals surface area contributed by atoms with Crippen LogP contribution in [0.4, 0.5) is 11.4 Å². The number of amides is 2. The number of non-ortho nitro benzene ring substituents is 1. The molecule has 240 valence electrons. The lowest BCUT2D eigenvalue weighted by atomic mass is 9.59. The molecule has 5 aromatic carbocycles. The number of nitro groups is 1. The average Bonchev–Trinajstić information content (AvgIpc) is 3.62. The van der Waals surface area contributed by atoms with E-state index in [4.69, 9.17) is 0 Å². The van der Waals surface area contributed by atoms with Gasteiger partial charge >= 0.3 is 0 Å². The molecular formula is C42H32N2O5. The molecule has 2 bridgehead atoms. The molecule has 7 heteroatoms. The molecule has 1 heterocycles. The number of hydrogen-bond donors (Lipinski definition) is 0. The number of anilines is 1. The van der Waals surface area contributed by atoms with Crippen LogP contribution in [0, 0.1) is 42.7 Å². The molecule has 8 rings (SSSR count). The van der Waals surface area contributed by atoms with Gasteiger partial charge in [-0.2, -0.15) is 0 Å². The fraction of sp³-hybridized carbons (Fsp3) is 0.167. The summed E-state index contributed by atoms with van der Waals surface area (Å²) >= 11 is 0. The van der Waals surface area contributed by atoms with Crippen LogP contribution in [0.1, 0.15) is 38.9 Å². The number of nitro benzene ring substituents is 1. The number of rotatable bonds is 6. The zero-order chi connectivity index (χ0) is 34.2. The standard InChI is InChI=1S/C42H32N2O5/c1-25-14-19-28(20-15-25)34-35(29-21-16-26(2)17-22-29)42(31-12-8-5-9-13-31)37-36(41(34,40(42)47)30-10-6-4-7-11-30)38(45)43(39(37)46)33-24-32(44(48)49)23-18-27(33)3/h4-24,36-37H,1-3H3/t36-,37-,41+,42+/m0/s1. The molecule has 49 heavy (non-hydrogen) atoms. The van der Waals surface area contributed by atoms with E-state index in [0.29, 0.717) is 27.8 Å². The van der Waals surface area contributed by atoms with Crippen LogP contribution in [0.2, 0.25) is 0 Å². The predicted octanol–water partition coefficient (Wildman–Crippen LogP) is 7.71. The summed E-state index contributed by atoms with van der Waals surface area (Å²) in [7, 11) is 0. The Morgan fingerprint density at radius 1 is 0.592 bits per heavy atom. The van der Waals surface area contributed by atoms with Crippen molar-refractivity contribution in [3.63, 3.8) is 0 Å². The molecule has 0 aromatic heterocycles. The lowest BCUT2D eigenvalue weighted by Gasteiger charge is -2.39. The lowest BCUT2D eigenvalue weighted by Crippen LogP contribution is -2.45. The largest absolute Gasteiger partial charge is 0.297 e. The summed E-state index contributed by atoms with van der Waals surface area (Å²) in [4.78, 5) is 58.9. The van der Waals surface area contributed by atoms with E-state index in [1.54, 1.807) is 13.0 Å². The van der Waals surface area contributed by atoms with E-state index >= 15 is 14.4 Å². The highest BCUT2D eigenvalue weighted by molar-refractivity contribution is 6.39. The Labute approximate surface area is 283 Å². The first-order valence-electron chi connectivity index (χ1n) is 16.3. The van der Waals surface area contributed by atoms with Crippen LogP contribution < -0.4 is 4.90 Å². The topological polar surface area (TPSA) is 97.6 Å². The first-order chi connectivity index (χ1) is 23.6. The summed E-state index contributed by atoms with van der Waals surface area (Å²) in [6.45, 7) is 5.72. The minimum Gasteiger partial charge on any atom is -0.297 e. The number of hydrogen-bond acceptors (Lipinski definition) is 5. The van der Waals surface area contributed by atoms with Crippen LogP contribution in [0.25, 0.3) is 11.1 Å². The van der Waals surface area contributed by atoms with Crippen LogP contribution in [-0.2, 0) is 25.2 Å². The SMILES string of the molecule is Cc1ccc(C2=C(c3ccc(C)cc3)[C@@]3(c4ccccc4)C(=O)[C@@]2(c2ccccc2)[C@@H]2C(=O)N(c4cc([N+](=O)[O-])ccc4C)C(=O)[C@H]23)cc1. The Kier molecular flexibility index (Phi) is 6.69. The number of nitrogens with zero attached hydrogens (tertiary/aromatic N) is 2. The molecule has 1 saturated carbocycles. The van der Waals surface area contributed by atoms with E-state index in [2.05, 4.69) is 0 Å². The molecule has 2 fully saturated rings. The van der Waals surface area contributed by atoms with Gasteiger partial charge in [-0.05, 0) is 59.7 Å². The van der Waals surface area contributed by atoms with Crippen molar-refractivity contribution in [2.75, 3.05) is 4.90 Å².